The minimum absolute atomic E-state index is 0.00287. The highest BCUT2D eigenvalue weighted by Gasteiger charge is 2.59. The molecule has 1 saturated heterocycles. The van der Waals surface area contributed by atoms with Crippen molar-refractivity contribution >= 4 is 11.9 Å². The molecule has 1 aromatic heterocycles. The maximum Gasteiger partial charge on any atom is 0.316 e. The third kappa shape index (κ3) is 3.20. The van der Waals surface area contributed by atoms with Crippen LogP contribution in [0.5, 0.6) is 0 Å². The van der Waals surface area contributed by atoms with Crippen molar-refractivity contribution in [1.82, 2.24) is 15.1 Å². The number of amides is 1. The smallest absolute Gasteiger partial charge is 0.316 e. The van der Waals surface area contributed by atoms with Gasteiger partial charge in [-0.1, -0.05) is 23.3 Å². The van der Waals surface area contributed by atoms with Crippen molar-refractivity contribution in [2.75, 3.05) is 25.0 Å². The molecule has 2 heterocycles. The topological polar surface area (TPSA) is 71.3 Å². The number of nitrogens with one attached hydrogen (secondary N) is 1. The van der Waals surface area contributed by atoms with Gasteiger partial charge in [-0.25, -0.2) is 8.78 Å². The van der Waals surface area contributed by atoms with Crippen molar-refractivity contribution in [2.45, 2.75) is 25.2 Å². The Morgan fingerprint density at radius 2 is 2.00 bits per heavy atom. The van der Waals surface area contributed by atoms with Gasteiger partial charge in [0, 0.05) is 36.9 Å². The molecule has 8 heteroatoms. The predicted molar refractivity (Wildman–Crippen MR) is 86.0 cm³/mol. The van der Waals surface area contributed by atoms with Gasteiger partial charge in [0.05, 0.1) is 6.54 Å². The zero-order chi connectivity index (χ0) is 17.5. The number of hydrogen-bond acceptors (Lipinski definition) is 5. The monoisotopic (exact) mass is 348 g/mol. The van der Waals surface area contributed by atoms with E-state index in [0.29, 0.717) is 25.4 Å². The Morgan fingerprint density at radius 1 is 1.24 bits per heavy atom. The van der Waals surface area contributed by atoms with Crippen molar-refractivity contribution in [3.63, 3.8) is 0 Å². The van der Waals surface area contributed by atoms with Gasteiger partial charge in [0.1, 0.15) is 0 Å². The molecule has 132 valence electrons. The van der Waals surface area contributed by atoms with E-state index >= 15 is 0 Å². The highest BCUT2D eigenvalue weighted by molar-refractivity contribution is 5.80. The third-order valence-electron chi connectivity index (χ3n) is 4.89. The van der Waals surface area contributed by atoms with Crippen molar-refractivity contribution in [2.24, 2.45) is 5.41 Å². The first-order valence-corrected chi connectivity index (χ1v) is 8.23. The van der Waals surface area contributed by atoms with E-state index in [1.165, 1.54) is 0 Å². The molecule has 2 fully saturated rings. The quantitative estimate of drug-likeness (QED) is 0.920. The van der Waals surface area contributed by atoms with E-state index in [2.05, 4.69) is 15.5 Å². The van der Waals surface area contributed by atoms with Gasteiger partial charge >= 0.3 is 6.01 Å². The lowest BCUT2D eigenvalue weighted by Crippen LogP contribution is -2.48. The van der Waals surface area contributed by atoms with Gasteiger partial charge < -0.3 is 14.6 Å². The molecule has 2 aliphatic rings. The second kappa shape index (κ2) is 5.79. The van der Waals surface area contributed by atoms with Crippen LogP contribution in [0.15, 0.2) is 34.7 Å². The fourth-order valence-electron chi connectivity index (χ4n) is 3.74. The first-order valence-electron chi connectivity index (χ1n) is 8.23. The summed E-state index contributed by atoms with van der Waals surface area (Å²) < 4.78 is 31.7. The van der Waals surface area contributed by atoms with Gasteiger partial charge in [0.15, 0.2) is 0 Å². The van der Waals surface area contributed by atoms with Crippen LogP contribution in [0.1, 0.15) is 19.3 Å². The highest BCUT2D eigenvalue weighted by Crippen LogP contribution is 2.56. The Balaban J connectivity index is 1.31. The average molecular weight is 348 g/mol. The maximum atomic E-state index is 13.1. The summed E-state index contributed by atoms with van der Waals surface area (Å²) in [4.78, 5) is 13.9. The van der Waals surface area contributed by atoms with E-state index in [9.17, 15) is 13.6 Å². The molecule has 0 unspecified atom stereocenters. The SMILES string of the molecule is O=C(CNc1nnc(-c2ccccc2)o1)N1CCC2(C1)CC(F)(F)C2. The molecule has 0 radical (unpaired) electrons. The van der Waals surface area contributed by atoms with Crippen LogP contribution in [0.2, 0.25) is 0 Å². The summed E-state index contributed by atoms with van der Waals surface area (Å²) in [5.41, 5.74) is 0.409. The van der Waals surface area contributed by atoms with Crippen LogP contribution in [-0.4, -0.2) is 46.6 Å². The van der Waals surface area contributed by atoms with Gasteiger partial charge in [-0.3, -0.25) is 4.79 Å². The number of benzene rings is 1. The second-order valence-corrected chi connectivity index (χ2v) is 6.91. The number of alkyl halides is 2. The highest BCUT2D eigenvalue weighted by atomic mass is 19.3. The van der Waals surface area contributed by atoms with Crippen LogP contribution in [0.25, 0.3) is 11.5 Å². The number of anilines is 1. The summed E-state index contributed by atoms with van der Waals surface area (Å²) in [6, 6.07) is 9.47. The molecule has 6 nitrogen and oxygen atoms in total. The number of rotatable bonds is 4. The molecule has 1 aliphatic heterocycles. The Hall–Kier alpha value is -2.51. The van der Waals surface area contributed by atoms with Crippen LogP contribution in [-0.2, 0) is 4.79 Å². The van der Waals surface area contributed by atoms with Crippen molar-refractivity contribution in [3.05, 3.63) is 30.3 Å². The molecular formula is C17H18F2N4O2. The lowest BCUT2D eigenvalue weighted by atomic mass is 9.65. The second-order valence-electron chi connectivity index (χ2n) is 6.91. The molecule has 1 spiro atoms. The first-order chi connectivity index (χ1) is 11.9. The Kier molecular flexibility index (Phi) is 3.70. The molecule has 1 amide bonds. The molecule has 2 aromatic rings. The molecule has 1 aromatic carbocycles. The fraction of sp³-hybridized carbons (Fsp3) is 0.471. The molecule has 4 rings (SSSR count). The number of hydrogen-bond donors (Lipinski definition) is 1. The minimum Gasteiger partial charge on any atom is -0.403 e. The number of carbonyl (C=O) groups is 1. The molecule has 1 N–H and O–H groups in total. The summed E-state index contributed by atoms with van der Waals surface area (Å²) in [5, 5.41) is 10.6. The van der Waals surface area contributed by atoms with Gasteiger partial charge in [-0.15, -0.1) is 5.10 Å². The van der Waals surface area contributed by atoms with E-state index in [1.807, 2.05) is 30.3 Å². The van der Waals surface area contributed by atoms with Gasteiger partial charge in [-0.2, -0.15) is 0 Å². The molecule has 0 atom stereocenters. The first kappa shape index (κ1) is 16.0. The van der Waals surface area contributed by atoms with Crippen molar-refractivity contribution in [1.29, 1.82) is 0 Å². The lowest BCUT2D eigenvalue weighted by Gasteiger charge is -2.44. The normalized spacial score (nSPS) is 20.5. The van der Waals surface area contributed by atoms with E-state index in [0.717, 1.165) is 5.56 Å². The number of carbonyl (C=O) groups excluding carboxylic acids is 1. The van der Waals surface area contributed by atoms with E-state index < -0.39 is 5.92 Å². The van der Waals surface area contributed by atoms with Gasteiger partial charge in [0.2, 0.25) is 17.7 Å². The van der Waals surface area contributed by atoms with Crippen LogP contribution in [0.3, 0.4) is 0 Å². The zero-order valence-corrected chi connectivity index (χ0v) is 13.5. The van der Waals surface area contributed by atoms with Crippen LogP contribution in [0.4, 0.5) is 14.8 Å². The summed E-state index contributed by atoms with van der Waals surface area (Å²) in [6.45, 7) is 0.931. The average Bonchev–Trinajstić information content (AvgIpc) is 3.20. The summed E-state index contributed by atoms with van der Waals surface area (Å²) in [6.07, 6.45) is 0.426. The van der Waals surface area contributed by atoms with E-state index in [1.54, 1.807) is 4.90 Å². The van der Waals surface area contributed by atoms with Crippen LogP contribution >= 0.6 is 0 Å². The molecule has 25 heavy (non-hydrogen) atoms. The third-order valence-corrected chi connectivity index (χ3v) is 4.89. The molecule has 0 bridgehead atoms. The Labute approximate surface area is 143 Å². The molecular weight excluding hydrogens is 330 g/mol. The van der Waals surface area contributed by atoms with Gasteiger partial charge in [-0.05, 0) is 18.6 Å². The summed E-state index contributed by atoms with van der Waals surface area (Å²) in [7, 11) is 0. The molecule has 1 saturated carbocycles. The predicted octanol–water partition coefficient (Wildman–Crippen LogP) is 2.80. The number of aromatic nitrogens is 2. The zero-order valence-electron chi connectivity index (χ0n) is 13.5. The van der Waals surface area contributed by atoms with Crippen molar-refractivity contribution < 1.29 is 18.0 Å². The maximum absolute atomic E-state index is 13.1. The number of nitrogens with zero attached hydrogens (tertiary/aromatic N) is 3. The number of halogens is 2. The molecule has 1 aliphatic carbocycles. The van der Waals surface area contributed by atoms with Crippen LogP contribution in [0, 0.1) is 5.41 Å². The van der Waals surface area contributed by atoms with Crippen molar-refractivity contribution in [3.8, 4) is 11.5 Å². The standard InChI is InChI=1S/C17H18F2N4O2/c18-17(19)9-16(10-17)6-7-23(11-16)13(24)8-20-15-22-21-14(25-15)12-4-2-1-3-5-12/h1-5H,6-11H2,(H,20,22). The van der Waals surface area contributed by atoms with E-state index in [4.69, 9.17) is 4.42 Å². The van der Waals surface area contributed by atoms with Gasteiger partial charge in [0.25, 0.3) is 0 Å². The lowest BCUT2D eigenvalue weighted by molar-refractivity contribution is -0.158. The Bertz CT molecular complexity index is 770. The van der Waals surface area contributed by atoms with Crippen LogP contribution < -0.4 is 5.32 Å². The largest absolute Gasteiger partial charge is 0.403 e. The summed E-state index contributed by atoms with van der Waals surface area (Å²) >= 11 is 0. The van der Waals surface area contributed by atoms with E-state index in [-0.39, 0.29) is 36.7 Å². The Morgan fingerprint density at radius 3 is 2.72 bits per heavy atom. The summed E-state index contributed by atoms with van der Waals surface area (Å²) in [5.74, 6) is -2.34. The number of likely N-dealkylation sites (tertiary alicyclic amines) is 1. The minimum atomic E-state index is -2.56. The fourth-order valence-corrected chi connectivity index (χ4v) is 3.74.